The smallest absolute Gasteiger partial charge is 0.326 e. The molecule has 0 spiro atoms. The molecule has 0 radical (unpaired) electrons. The third kappa shape index (κ3) is 3.41. The Labute approximate surface area is 92.6 Å². The number of amides is 3. The van der Waals surface area contributed by atoms with Gasteiger partial charge in [0.25, 0.3) is 0 Å². The van der Waals surface area contributed by atoms with E-state index in [0.717, 1.165) is 12.8 Å². The van der Waals surface area contributed by atoms with Gasteiger partial charge >= 0.3 is 12.0 Å². The second-order valence-corrected chi connectivity index (χ2v) is 3.70. The van der Waals surface area contributed by atoms with Gasteiger partial charge in [0, 0.05) is 13.1 Å². The van der Waals surface area contributed by atoms with Gasteiger partial charge in [-0.15, -0.1) is 0 Å². The number of carboxylic acid groups (broad SMARTS) is 1. The first-order chi connectivity index (χ1) is 7.50. The summed E-state index contributed by atoms with van der Waals surface area (Å²) in [5.74, 6) is -2.01. The zero-order chi connectivity index (χ0) is 12.1. The molecule has 90 valence electrons. The van der Waals surface area contributed by atoms with Crippen LogP contribution in [0.3, 0.4) is 0 Å². The van der Waals surface area contributed by atoms with Crippen molar-refractivity contribution >= 4 is 17.9 Å². The van der Waals surface area contributed by atoms with Crippen LogP contribution in [0.25, 0.3) is 0 Å². The van der Waals surface area contributed by atoms with E-state index in [1.807, 2.05) is 0 Å². The van der Waals surface area contributed by atoms with Gasteiger partial charge < -0.3 is 21.1 Å². The van der Waals surface area contributed by atoms with Gasteiger partial charge in [-0.05, 0) is 12.8 Å². The van der Waals surface area contributed by atoms with Crippen LogP contribution >= 0.6 is 0 Å². The summed E-state index contributed by atoms with van der Waals surface area (Å²) in [6.07, 6.45) is 1.44. The van der Waals surface area contributed by atoms with E-state index >= 15 is 0 Å². The molecule has 0 aromatic heterocycles. The number of nitrogens with two attached hydrogens (primary N) is 1. The Morgan fingerprint density at radius 2 is 1.88 bits per heavy atom. The Kier molecular flexibility index (Phi) is 4.10. The lowest BCUT2D eigenvalue weighted by Crippen LogP contribution is -2.48. The van der Waals surface area contributed by atoms with Crippen LogP contribution in [0.15, 0.2) is 0 Å². The minimum Gasteiger partial charge on any atom is -0.480 e. The maximum atomic E-state index is 11.5. The maximum Gasteiger partial charge on any atom is 0.326 e. The van der Waals surface area contributed by atoms with E-state index in [1.54, 1.807) is 0 Å². The van der Waals surface area contributed by atoms with Crippen molar-refractivity contribution in [3.63, 3.8) is 0 Å². The molecular formula is C9H15N3O4. The highest BCUT2D eigenvalue weighted by Gasteiger charge is 2.25. The number of carbonyl (C=O) groups is 3. The Balaban J connectivity index is 2.50. The summed E-state index contributed by atoms with van der Waals surface area (Å²) in [5.41, 5.74) is 4.89. The normalized spacial score (nSPS) is 16.9. The molecule has 0 unspecified atom stereocenters. The van der Waals surface area contributed by atoms with E-state index < -0.39 is 30.4 Å². The average molecular weight is 229 g/mol. The molecule has 0 saturated carbocycles. The van der Waals surface area contributed by atoms with E-state index in [0.29, 0.717) is 13.1 Å². The molecule has 0 bridgehead atoms. The second kappa shape index (κ2) is 5.34. The molecule has 1 heterocycles. The van der Waals surface area contributed by atoms with Crippen LogP contribution in [0, 0.1) is 0 Å². The van der Waals surface area contributed by atoms with Crippen LogP contribution in [0.5, 0.6) is 0 Å². The van der Waals surface area contributed by atoms with Crippen LogP contribution in [-0.4, -0.2) is 47.0 Å². The van der Waals surface area contributed by atoms with Gasteiger partial charge in [0.1, 0.15) is 6.04 Å². The number of carbonyl (C=O) groups excluding carboxylic acids is 2. The van der Waals surface area contributed by atoms with Crippen molar-refractivity contribution in [3.8, 4) is 0 Å². The SMILES string of the molecule is NC(=O)C[C@H](NC(=O)N1CCCC1)C(=O)O. The fraction of sp³-hybridized carbons (Fsp3) is 0.667. The third-order valence-corrected chi connectivity index (χ3v) is 2.39. The summed E-state index contributed by atoms with van der Waals surface area (Å²) >= 11 is 0. The molecule has 1 aliphatic rings. The lowest BCUT2D eigenvalue weighted by molar-refractivity contribution is -0.140. The van der Waals surface area contributed by atoms with Gasteiger partial charge in [-0.1, -0.05) is 0 Å². The van der Waals surface area contributed by atoms with E-state index in [9.17, 15) is 14.4 Å². The molecule has 16 heavy (non-hydrogen) atoms. The highest BCUT2D eigenvalue weighted by molar-refractivity contribution is 5.87. The number of likely N-dealkylation sites (tertiary alicyclic amines) is 1. The lowest BCUT2D eigenvalue weighted by atomic mass is 10.2. The number of urea groups is 1. The predicted molar refractivity (Wildman–Crippen MR) is 54.6 cm³/mol. The van der Waals surface area contributed by atoms with Gasteiger partial charge in [0.2, 0.25) is 5.91 Å². The van der Waals surface area contributed by atoms with Gasteiger partial charge in [-0.25, -0.2) is 9.59 Å². The summed E-state index contributed by atoms with van der Waals surface area (Å²) in [5, 5.41) is 11.0. The van der Waals surface area contributed by atoms with Gasteiger partial charge in [0.15, 0.2) is 0 Å². The third-order valence-electron chi connectivity index (χ3n) is 2.39. The van der Waals surface area contributed by atoms with E-state index in [1.165, 1.54) is 4.90 Å². The molecule has 1 saturated heterocycles. The molecule has 1 aliphatic heterocycles. The number of hydrogen-bond donors (Lipinski definition) is 3. The van der Waals surface area contributed by atoms with Crippen LogP contribution in [0.2, 0.25) is 0 Å². The predicted octanol–water partition coefficient (Wildman–Crippen LogP) is -0.880. The molecule has 7 heteroatoms. The molecule has 1 fully saturated rings. The first kappa shape index (κ1) is 12.3. The molecule has 0 aromatic carbocycles. The van der Waals surface area contributed by atoms with Crippen molar-refractivity contribution in [1.82, 2.24) is 10.2 Å². The summed E-state index contributed by atoms with van der Waals surface area (Å²) in [6.45, 7) is 1.24. The molecule has 1 atom stereocenters. The summed E-state index contributed by atoms with van der Waals surface area (Å²) in [4.78, 5) is 34.4. The van der Waals surface area contributed by atoms with Crippen molar-refractivity contribution in [1.29, 1.82) is 0 Å². The number of hydrogen-bond acceptors (Lipinski definition) is 3. The first-order valence-electron chi connectivity index (χ1n) is 5.07. The highest BCUT2D eigenvalue weighted by atomic mass is 16.4. The van der Waals surface area contributed by atoms with Gasteiger partial charge in [-0.2, -0.15) is 0 Å². The van der Waals surface area contributed by atoms with Gasteiger partial charge in [-0.3, -0.25) is 4.79 Å². The largest absolute Gasteiger partial charge is 0.480 e. The number of primary amides is 1. The Morgan fingerprint density at radius 3 is 2.31 bits per heavy atom. The molecule has 7 nitrogen and oxygen atoms in total. The monoisotopic (exact) mass is 229 g/mol. The molecule has 0 aliphatic carbocycles. The van der Waals surface area contributed by atoms with Crippen molar-refractivity contribution in [2.24, 2.45) is 5.73 Å². The Bertz CT molecular complexity index is 299. The zero-order valence-corrected chi connectivity index (χ0v) is 8.81. The molecule has 3 amide bonds. The number of nitrogens with zero attached hydrogens (tertiary/aromatic N) is 1. The van der Waals surface area contributed by atoms with Gasteiger partial charge in [0.05, 0.1) is 6.42 Å². The molecule has 4 N–H and O–H groups in total. The van der Waals surface area contributed by atoms with Crippen molar-refractivity contribution in [3.05, 3.63) is 0 Å². The second-order valence-electron chi connectivity index (χ2n) is 3.70. The minimum absolute atomic E-state index is 0.394. The van der Waals surface area contributed by atoms with Crippen molar-refractivity contribution in [2.45, 2.75) is 25.3 Å². The van der Waals surface area contributed by atoms with E-state index in [4.69, 9.17) is 10.8 Å². The van der Waals surface area contributed by atoms with Crippen LogP contribution in [0.4, 0.5) is 4.79 Å². The number of carboxylic acids is 1. The average Bonchev–Trinajstić information content (AvgIpc) is 2.68. The topological polar surface area (TPSA) is 113 Å². The summed E-state index contributed by atoms with van der Waals surface area (Å²) in [6, 6.07) is -1.70. The van der Waals surface area contributed by atoms with Crippen molar-refractivity contribution < 1.29 is 19.5 Å². The zero-order valence-electron chi connectivity index (χ0n) is 8.81. The fourth-order valence-electron chi connectivity index (χ4n) is 1.56. The number of nitrogens with one attached hydrogen (secondary N) is 1. The lowest BCUT2D eigenvalue weighted by Gasteiger charge is -2.19. The van der Waals surface area contributed by atoms with Crippen LogP contribution < -0.4 is 11.1 Å². The minimum atomic E-state index is -1.26. The maximum absolute atomic E-state index is 11.5. The first-order valence-corrected chi connectivity index (χ1v) is 5.07. The fourth-order valence-corrected chi connectivity index (χ4v) is 1.56. The van der Waals surface area contributed by atoms with E-state index in [2.05, 4.69) is 5.32 Å². The quantitative estimate of drug-likeness (QED) is 0.581. The number of aliphatic carboxylic acids is 1. The molecule has 1 rings (SSSR count). The number of rotatable bonds is 4. The summed E-state index contributed by atoms with van der Waals surface area (Å²) in [7, 11) is 0. The highest BCUT2D eigenvalue weighted by Crippen LogP contribution is 2.07. The van der Waals surface area contributed by atoms with E-state index in [-0.39, 0.29) is 0 Å². The van der Waals surface area contributed by atoms with Crippen LogP contribution in [-0.2, 0) is 9.59 Å². The standard InChI is InChI=1S/C9H15N3O4/c10-7(13)5-6(8(14)15)11-9(16)12-3-1-2-4-12/h6H,1-5H2,(H2,10,13)(H,11,16)(H,14,15)/t6-/m0/s1. The van der Waals surface area contributed by atoms with Crippen molar-refractivity contribution in [2.75, 3.05) is 13.1 Å². The molecular weight excluding hydrogens is 214 g/mol. The Morgan fingerprint density at radius 1 is 1.31 bits per heavy atom. The molecule has 0 aromatic rings. The summed E-state index contributed by atoms with van der Waals surface area (Å²) < 4.78 is 0. The Hall–Kier alpha value is -1.79. The van der Waals surface area contributed by atoms with Crippen LogP contribution in [0.1, 0.15) is 19.3 Å².